The van der Waals surface area contributed by atoms with E-state index in [9.17, 15) is 9.59 Å². The van der Waals surface area contributed by atoms with Gasteiger partial charge in [0.25, 0.3) is 5.91 Å². The topological polar surface area (TPSA) is 59.2 Å². The highest BCUT2D eigenvalue weighted by Gasteiger charge is 2.54. The number of rotatable bonds is 2. The van der Waals surface area contributed by atoms with Crippen LogP contribution in [0.15, 0.2) is 17.6 Å². The van der Waals surface area contributed by atoms with Crippen molar-refractivity contribution < 1.29 is 14.2 Å². The van der Waals surface area contributed by atoms with E-state index in [1.165, 1.54) is 23.3 Å². The second-order valence-electron chi connectivity index (χ2n) is 5.90. The zero-order valence-electron chi connectivity index (χ0n) is 13.2. The van der Waals surface area contributed by atoms with E-state index >= 15 is 0 Å². The Hall–Kier alpha value is -2.18. The molecule has 0 aromatic rings. The van der Waals surface area contributed by atoms with Gasteiger partial charge in [-0.15, -0.1) is 0 Å². The molecule has 0 bridgehead atoms. The van der Waals surface area contributed by atoms with E-state index in [2.05, 4.69) is 16.1 Å². The van der Waals surface area contributed by atoms with Gasteiger partial charge >= 0.3 is 12.0 Å². The van der Waals surface area contributed by atoms with Crippen LogP contribution in [0, 0.1) is 0 Å². The highest BCUT2D eigenvalue weighted by molar-refractivity contribution is 6.25. The van der Waals surface area contributed by atoms with Crippen LogP contribution < -0.4 is 0 Å². The summed E-state index contributed by atoms with van der Waals surface area (Å²) < 4.78 is 2.21. The van der Waals surface area contributed by atoms with Crippen molar-refractivity contribution in [3.05, 3.63) is 12.7 Å². The van der Waals surface area contributed by atoms with Crippen molar-refractivity contribution in [2.24, 2.45) is 4.99 Å². The molecule has 7 heteroatoms. The van der Waals surface area contributed by atoms with Crippen LogP contribution in [-0.2, 0) is 4.79 Å². The molecule has 0 radical (unpaired) electrons. The van der Waals surface area contributed by atoms with Gasteiger partial charge in [0.05, 0.1) is 19.6 Å². The quantitative estimate of drug-likeness (QED) is 0.546. The summed E-state index contributed by atoms with van der Waals surface area (Å²) in [6.45, 7) is 6.20. The van der Waals surface area contributed by atoms with Gasteiger partial charge in [-0.3, -0.25) is 19.2 Å². The molecule has 3 aliphatic rings. The third-order valence-electron chi connectivity index (χ3n) is 4.47. The number of carbonyl (C=O) groups excluding carboxylic acids is 2. The molecule has 0 aliphatic carbocycles. The maximum atomic E-state index is 12.6. The predicted molar refractivity (Wildman–Crippen MR) is 82.9 cm³/mol. The lowest BCUT2D eigenvalue weighted by molar-refractivity contribution is -0.542. The van der Waals surface area contributed by atoms with E-state index in [4.69, 9.17) is 0 Å². The number of likely N-dealkylation sites (N-methyl/N-ethyl adjacent to an activating group) is 2. The summed E-state index contributed by atoms with van der Waals surface area (Å²) in [4.78, 5) is 33.9. The summed E-state index contributed by atoms with van der Waals surface area (Å²) in [7, 11) is 3.19. The molecular formula is C15H22N5O2+. The predicted octanol–water partition coefficient (Wildman–Crippen LogP) is 0.331. The highest BCUT2D eigenvalue weighted by atomic mass is 16.2. The molecule has 0 spiro atoms. The van der Waals surface area contributed by atoms with Crippen LogP contribution in [-0.4, -0.2) is 82.8 Å². The van der Waals surface area contributed by atoms with Crippen LogP contribution in [0.2, 0.25) is 0 Å². The molecule has 1 unspecified atom stereocenters. The van der Waals surface area contributed by atoms with Crippen molar-refractivity contribution in [1.29, 1.82) is 0 Å². The van der Waals surface area contributed by atoms with E-state index in [0.29, 0.717) is 12.4 Å². The van der Waals surface area contributed by atoms with Crippen LogP contribution in [0.5, 0.6) is 0 Å². The molecule has 3 amide bonds. The Morgan fingerprint density at radius 2 is 1.91 bits per heavy atom. The van der Waals surface area contributed by atoms with E-state index in [0.717, 1.165) is 31.9 Å². The monoisotopic (exact) mass is 304 g/mol. The fourth-order valence-corrected chi connectivity index (χ4v) is 3.26. The number of amides is 3. The van der Waals surface area contributed by atoms with Gasteiger partial charge in [-0.2, -0.15) is 0 Å². The second-order valence-corrected chi connectivity index (χ2v) is 5.90. The van der Waals surface area contributed by atoms with Crippen LogP contribution in [0.25, 0.3) is 0 Å². The smallest absolute Gasteiger partial charge is 0.270 e. The van der Waals surface area contributed by atoms with Crippen LogP contribution in [0.4, 0.5) is 4.79 Å². The van der Waals surface area contributed by atoms with Gasteiger partial charge in [0, 0.05) is 14.1 Å². The molecule has 3 heterocycles. The van der Waals surface area contributed by atoms with Crippen LogP contribution in [0.1, 0.15) is 19.3 Å². The molecule has 2 fully saturated rings. The molecule has 3 aliphatic heterocycles. The number of hydrogen-bond donors (Lipinski definition) is 0. The lowest BCUT2D eigenvalue weighted by Gasteiger charge is -2.33. The molecule has 2 saturated heterocycles. The third kappa shape index (κ3) is 2.12. The average Bonchev–Trinajstić information content (AvgIpc) is 2.92. The summed E-state index contributed by atoms with van der Waals surface area (Å²) in [5.74, 6) is 1.09. The number of urea groups is 1. The molecule has 7 nitrogen and oxygen atoms in total. The molecule has 1 atom stereocenters. The van der Waals surface area contributed by atoms with Gasteiger partial charge in [-0.05, 0) is 19.3 Å². The number of imide groups is 1. The first-order valence-electron chi connectivity index (χ1n) is 7.69. The van der Waals surface area contributed by atoms with Gasteiger partial charge in [-0.25, -0.2) is 9.69 Å². The fourth-order valence-electron chi connectivity index (χ4n) is 3.26. The first kappa shape index (κ1) is 14.7. The zero-order valence-corrected chi connectivity index (χ0v) is 13.2. The SMILES string of the molecule is C=CCN1C(=[N+]2CCCCC2)N=C2C1C(=O)N(C)C(=O)N2C. The summed E-state index contributed by atoms with van der Waals surface area (Å²) >= 11 is 0. The van der Waals surface area contributed by atoms with Gasteiger partial charge < -0.3 is 0 Å². The standard InChI is InChI=1S/C15H22N5O2/c1-4-8-20-11-12(17(2)15(22)18(3)13(11)21)16-14(20)19-9-6-5-7-10-19/h4,11H,1,5-10H2,2-3H3/q+1. The largest absolute Gasteiger partial charge is 0.392 e. The van der Waals surface area contributed by atoms with Crippen molar-refractivity contribution in [2.75, 3.05) is 33.7 Å². The van der Waals surface area contributed by atoms with E-state index in [1.54, 1.807) is 13.1 Å². The molecule has 0 aromatic heterocycles. The zero-order chi connectivity index (χ0) is 15.9. The lowest BCUT2D eigenvalue weighted by atomic mass is 10.1. The lowest BCUT2D eigenvalue weighted by Crippen LogP contribution is -2.62. The molecule has 3 rings (SSSR count). The minimum absolute atomic E-state index is 0.226. The number of aliphatic imine (C=N–C) groups is 1. The van der Waals surface area contributed by atoms with Crippen LogP contribution in [0.3, 0.4) is 0 Å². The van der Waals surface area contributed by atoms with Crippen LogP contribution >= 0.6 is 0 Å². The van der Waals surface area contributed by atoms with Gasteiger partial charge in [0.2, 0.25) is 11.9 Å². The van der Waals surface area contributed by atoms with Gasteiger partial charge in [0.1, 0.15) is 0 Å². The van der Waals surface area contributed by atoms with E-state index < -0.39 is 6.04 Å². The first-order chi connectivity index (χ1) is 10.6. The second kappa shape index (κ2) is 5.55. The van der Waals surface area contributed by atoms with Crippen molar-refractivity contribution in [3.8, 4) is 0 Å². The molecular weight excluding hydrogens is 282 g/mol. The normalized spacial score (nSPS) is 25.6. The Bertz CT molecular complexity index is 587. The Morgan fingerprint density at radius 1 is 1.23 bits per heavy atom. The fraction of sp³-hybridized carbons (Fsp3) is 0.600. The Balaban J connectivity index is 2.05. The number of hydrogen-bond acceptors (Lipinski definition) is 2. The molecule has 118 valence electrons. The number of guanidine groups is 1. The number of amidine groups is 1. The maximum Gasteiger partial charge on any atom is 0.392 e. The molecule has 0 aromatic carbocycles. The van der Waals surface area contributed by atoms with Crippen molar-refractivity contribution >= 4 is 23.7 Å². The molecule has 22 heavy (non-hydrogen) atoms. The Morgan fingerprint density at radius 3 is 2.55 bits per heavy atom. The third-order valence-corrected chi connectivity index (χ3v) is 4.47. The van der Waals surface area contributed by atoms with Crippen molar-refractivity contribution in [1.82, 2.24) is 14.7 Å². The Labute approximate surface area is 130 Å². The van der Waals surface area contributed by atoms with Crippen molar-refractivity contribution in [3.63, 3.8) is 0 Å². The highest BCUT2D eigenvalue weighted by Crippen LogP contribution is 2.23. The summed E-state index contributed by atoms with van der Waals surface area (Å²) in [5, 5.41) is 0. The summed E-state index contributed by atoms with van der Waals surface area (Å²) in [5.41, 5.74) is 0. The minimum Gasteiger partial charge on any atom is -0.270 e. The average molecular weight is 304 g/mol. The van der Waals surface area contributed by atoms with E-state index in [-0.39, 0.29) is 11.9 Å². The number of nitrogens with zero attached hydrogens (tertiary/aromatic N) is 5. The van der Waals surface area contributed by atoms with Gasteiger partial charge in [-0.1, -0.05) is 17.6 Å². The first-order valence-corrected chi connectivity index (χ1v) is 7.69. The van der Waals surface area contributed by atoms with Gasteiger partial charge in [0.15, 0.2) is 0 Å². The summed E-state index contributed by atoms with van der Waals surface area (Å²) in [6, 6.07) is -0.860. The maximum absolute atomic E-state index is 12.6. The number of carbonyl (C=O) groups is 2. The number of piperidine rings is 1. The Kier molecular flexibility index (Phi) is 3.72. The minimum atomic E-state index is -0.525. The molecule has 0 saturated carbocycles. The molecule has 0 N–H and O–H groups in total. The summed E-state index contributed by atoms with van der Waals surface area (Å²) in [6.07, 6.45) is 5.25. The van der Waals surface area contributed by atoms with Crippen molar-refractivity contribution in [2.45, 2.75) is 25.3 Å². The van der Waals surface area contributed by atoms with E-state index in [1.807, 2.05) is 4.90 Å². The number of fused-ring (bicyclic) bond motifs is 1.